The van der Waals surface area contributed by atoms with E-state index in [0.717, 1.165) is 10.1 Å². The first-order valence-corrected chi connectivity index (χ1v) is 7.90. The average Bonchev–Trinajstić information content (AvgIpc) is 3.19. The number of methoxy groups -OCH3 is 1. The lowest BCUT2D eigenvalue weighted by molar-refractivity contribution is 0.0607. The van der Waals surface area contributed by atoms with Gasteiger partial charge in [-0.2, -0.15) is 5.10 Å². The summed E-state index contributed by atoms with van der Waals surface area (Å²) in [4.78, 5) is 24.8. The van der Waals surface area contributed by atoms with Crippen LogP contribution in [0.15, 0.2) is 36.5 Å². The molecule has 0 aliphatic carbocycles. The maximum Gasteiger partial charge on any atom is 0.350 e. The number of rotatable bonds is 4. The minimum atomic E-state index is -0.472. The summed E-state index contributed by atoms with van der Waals surface area (Å²) in [5.74, 6) is -0.827. The summed E-state index contributed by atoms with van der Waals surface area (Å²) in [5, 5.41) is 7.78. The molecule has 2 heterocycles. The molecule has 0 fully saturated rings. The molecule has 23 heavy (non-hydrogen) atoms. The van der Waals surface area contributed by atoms with Crippen LogP contribution in [-0.2, 0) is 11.3 Å². The number of carbonyl (C=O) groups excluding carboxylic acids is 2. The largest absolute Gasteiger partial charge is 0.465 e. The van der Waals surface area contributed by atoms with Gasteiger partial charge < -0.3 is 10.1 Å². The number of hydrogen-bond acceptors (Lipinski definition) is 5. The van der Waals surface area contributed by atoms with Crippen molar-refractivity contribution in [1.29, 1.82) is 0 Å². The third kappa shape index (κ3) is 2.83. The van der Waals surface area contributed by atoms with Crippen molar-refractivity contribution in [2.45, 2.75) is 13.5 Å². The van der Waals surface area contributed by atoms with Gasteiger partial charge in [-0.05, 0) is 19.1 Å². The van der Waals surface area contributed by atoms with Gasteiger partial charge >= 0.3 is 5.97 Å². The molecule has 2 aromatic heterocycles. The maximum atomic E-state index is 12.4. The summed E-state index contributed by atoms with van der Waals surface area (Å²) in [6.45, 7) is 2.62. The van der Waals surface area contributed by atoms with Gasteiger partial charge in [0.15, 0.2) is 5.69 Å². The van der Waals surface area contributed by atoms with Crippen LogP contribution in [0.5, 0.6) is 0 Å². The molecule has 0 aliphatic rings. The topological polar surface area (TPSA) is 73.2 Å². The first kappa shape index (κ1) is 15.2. The Morgan fingerprint density at radius 1 is 1.30 bits per heavy atom. The first-order chi connectivity index (χ1) is 11.1. The lowest BCUT2D eigenvalue weighted by Gasteiger charge is -2.05. The lowest BCUT2D eigenvalue weighted by atomic mass is 10.2. The Labute approximate surface area is 136 Å². The highest BCUT2D eigenvalue weighted by atomic mass is 32.1. The first-order valence-electron chi connectivity index (χ1n) is 7.08. The van der Waals surface area contributed by atoms with Crippen LogP contribution in [0.4, 0.5) is 5.69 Å². The van der Waals surface area contributed by atoms with Crippen LogP contribution in [0.2, 0.25) is 0 Å². The van der Waals surface area contributed by atoms with E-state index in [2.05, 4.69) is 10.4 Å². The second-order valence-corrected chi connectivity index (χ2v) is 5.86. The molecule has 3 rings (SSSR count). The molecule has 0 bridgehead atoms. The third-order valence-electron chi connectivity index (χ3n) is 3.40. The number of nitrogens with zero attached hydrogens (tertiary/aromatic N) is 2. The number of aryl methyl sites for hydroxylation is 1. The monoisotopic (exact) mass is 329 g/mol. The molecule has 0 aliphatic heterocycles. The summed E-state index contributed by atoms with van der Waals surface area (Å²) >= 11 is 1.29. The van der Waals surface area contributed by atoms with E-state index in [9.17, 15) is 9.59 Å². The quantitative estimate of drug-likeness (QED) is 0.746. The predicted molar refractivity (Wildman–Crippen MR) is 89.0 cm³/mol. The maximum absolute atomic E-state index is 12.4. The fourth-order valence-electron chi connectivity index (χ4n) is 2.24. The molecule has 0 spiro atoms. The predicted octanol–water partition coefficient (Wildman–Crippen LogP) is 3.16. The van der Waals surface area contributed by atoms with Gasteiger partial charge in [0.1, 0.15) is 4.88 Å². The summed E-state index contributed by atoms with van der Waals surface area (Å²) in [6, 6.07) is 9.14. The summed E-state index contributed by atoms with van der Waals surface area (Å²) < 4.78 is 7.39. The fraction of sp³-hybridized carbons (Fsp3) is 0.188. The zero-order valence-electron chi connectivity index (χ0n) is 12.7. The average molecular weight is 329 g/mol. The van der Waals surface area contributed by atoms with Crippen molar-refractivity contribution in [3.05, 3.63) is 47.1 Å². The van der Waals surface area contributed by atoms with Gasteiger partial charge in [0.25, 0.3) is 5.91 Å². The van der Waals surface area contributed by atoms with Gasteiger partial charge in [0.2, 0.25) is 0 Å². The second kappa shape index (κ2) is 6.21. The molecule has 3 aromatic rings. The molecule has 0 saturated carbocycles. The number of fused-ring (bicyclic) bond motifs is 1. The number of ether oxygens (including phenoxy) is 1. The number of esters is 1. The van der Waals surface area contributed by atoms with Gasteiger partial charge in [-0.3, -0.25) is 9.48 Å². The van der Waals surface area contributed by atoms with Gasteiger partial charge in [0.05, 0.1) is 12.8 Å². The number of aromatic nitrogens is 2. The van der Waals surface area contributed by atoms with Gasteiger partial charge in [-0.25, -0.2) is 4.79 Å². The third-order valence-corrected chi connectivity index (χ3v) is 4.55. The number of anilines is 1. The molecule has 1 N–H and O–H groups in total. The standard InChI is InChI=1S/C16H15N3O3S/c1-3-19-9-8-11(18-19)15(20)17-13-10-6-4-5-7-12(10)23-14(13)16(21)22-2/h4-9H,3H2,1-2H3,(H,17,20). The zero-order chi connectivity index (χ0) is 16.4. The molecule has 7 heteroatoms. The van der Waals surface area contributed by atoms with Crippen molar-refractivity contribution < 1.29 is 14.3 Å². The molecular weight excluding hydrogens is 314 g/mol. The van der Waals surface area contributed by atoms with E-state index < -0.39 is 5.97 Å². The number of hydrogen-bond donors (Lipinski definition) is 1. The summed E-state index contributed by atoms with van der Waals surface area (Å²) in [7, 11) is 1.32. The minimum absolute atomic E-state index is 0.304. The lowest BCUT2D eigenvalue weighted by Crippen LogP contribution is -2.15. The Morgan fingerprint density at radius 3 is 2.78 bits per heavy atom. The van der Waals surface area contributed by atoms with E-state index in [1.165, 1.54) is 18.4 Å². The Kier molecular flexibility index (Phi) is 4.12. The van der Waals surface area contributed by atoms with Gasteiger partial charge in [-0.15, -0.1) is 11.3 Å². The normalized spacial score (nSPS) is 10.7. The molecule has 6 nitrogen and oxygen atoms in total. The molecule has 0 atom stereocenters. The molecule has 1 aromatic carbocycles. The number of thiophene rings is 1. The highest BCUT2D eigenvalue weighted by Gasteiger charge is 2.21. The number of amides is 1. The van der Waals surface area contributed by atoms with Crippen LogP contribution in [0.1, 0.15) is 27.1 Å². The zero-order valence-corrected chi connectivity index (χ0v) is 13.5. The van der Waals surface area contributed by atoms with Crippen molar-refractivity contribution in [3.8, 4) is 0 Å². The fourth-order valence-corrected chi connectivity index (χ4v) is 3.32. The Bertz CT molecular complexity index is 882. The van der Waals surface area contributed by atoms with E-state index in [-0.39, 0.29) is 5.91 Å². The minimum Gasteiger partial charge on any atom is -0.465 e. The smallest absolute Gasteiger partial charge is 0.350 e. The molecule has 0 radical (unpaired) electrons. The summed E-state index contributed by atoms with van der Waals surface area (Å²) in [5.41, 5.74) is 0.770. The number of nitrogens with one attached hydrogen (secondary N) is 1. The van der Waals surface area contributed by atoms with Crippen LogP contribution in [0.3, 0.4) is 0 Å². The SMILES string of the molecule is CCn1ccc(C(=O)Nc2c(C(=O)OC)sc3ccccc23)n1. The van der Waals surface area contributed by atoms with E-state index >= 15 is 0 Å². The van der Waals surface area contributed by atoms with Crippen LogP contribution in [0, 0.1) is 0 Å². The van der Waals surface area contributed by atoms with Crippen molar-refractivity contribution in [2.75, 3.05) is 12.4 Å². The van der Waals surface area contributed by atoms with E-state index in [0.29, 0.717) is 22.8 Å². The van der Waals surface area contributed by atoms with Crippen LogP contribution < -0.4 is 5.32 Å². The van der Waals surface area contributed by atoms with Crippen molar-refractivity contribution in [1.82, 2.24) is 9.78 Å². The van der Waals surface area contributed by atoms with E-state index in [1.807, 2.05) is 31.2 Å². The number of carbonyl (C=O) groups is 2. The Balaban J connectivity index is 2.00. The molecule has 0 unspecified atom stereocenters. The van der Waals surface area contributed by atoms with E-state index in [1.54, 1.807) is 16.9 Å². The molecule has 118 valence electrons. The Morgan fingerprint density at radius 2 is 2.09 bits per heavy atom. The highest BCUT2D eigenvalue weighted by molar-refractivity contribution is 7.21. The molecule has 0 saturated heterocycles. The number of benzene rings is 1. The van der Waals surface area contributed by atoms with Crippen LogP contribution >= 0.6 is 11.3 Å². The second-order valence-electron chi connectivity index (χ2n) is 4.80. The van der Waals surface area contributed by atoms with Gasteiger partial charge in [-0.1, -0.05) is 18.2 Å². The van der Waals surface area contributed by atoms with Crippen LogP contribution in [-0.4, -0.2) is 28.8 Å². The Hall–Kier alpha value is -2.67. The molecule has 1 amide bonds. The van der Waals surface area contributed by atoms with Gasteiger partial charge in [0, 0.05) is 22.8 Å². The highest BCUT2D eigenvalue weighted by Crippen LogP contribution is 2.36. The van der Waals surface area contributed by atoms with Crippen molar-refractivity contribution in [2.24, 2.45) is 0 Å². The van der Waals surface area contributed by atoms with E-state index in [4.69, 9.17) is 4.74 Å². The van der Waals surface area contributed by atoms with Crippen LogP contribution in [0.25, 0.3) is 10.1 Å². The van der Waals surface area contributed by atoms with Crippen molar-refractivity contribution in [3.63, 3.8) is 0 Å². The molecular formula is C16H15N3O3S. The summed E-state index contributed by atoms with van der Waals surface area (Å²) in [6.07, 6.45) is 1.74. The van der Waals surface area contributed by atoms with Crippen molar-refractivity contribution >= 4 is 39.0 Å².